The number of rotatable bonds is 12. The summed E-state index contributed by atoms with van der Waals surface area (Å²) in [7, 11) is 0. The summed E-state index contributed by atoms with van der Waals surface area (Å²) in [6, 6.07) is 0. The molecule has 0 aromatic heterocycles. The quantitative estimate of drug-likeness (QED) is 0.417. The fourth-order valence-corrected chi connectivity index (χ4v) is 2.85. The van der Waals surface area contributed by atoms with Gasteiger partial charge in [0.15, 0.2) is 5.78 Å². The third kappa shape index (κ3) is 8.25. The van der Waals surface area contributed by atoms with Crippen LogP contribution in [0, 0.1) is 11.8 Å². The fourth-order valence-electron chi connectivity index (χ4n) is 2.85. The second-order valence-corrected chi connectivity index (χ2v) is 6.39. The highest BCUT2D eigenvalue weighted by atomic mass is 16.4. The van der Waals surface area contributed by atoms with E-state index >= 15 is 0 Å². The largest absolute Gasteiger partial charge is 0.481 e. The Labute approximate surface area is 145 Å². The Hall–Kier alpha value is -1.68. The molecule has 0 aromatic carbocycles. The lowest BCUT2D eigenvalue weighted by molar-refractivity contribution is -0.137. The fraction of sp³-hybridized carbons (Fsp3) is 0.600. The van der Waals surface area contributed by atoms with Gasteiger partial charge in [-0.1, -0.05) is 56.6 Å². The molecule has 0 bridgehead atoms. The first kappa shape index (κ1) is 20.4. The lowest BCUT2D eigenvalue weighted by Gasteiger charge is -2.14. The van der Waals surface area contributed by atoms with Crippen LogP contribution < -0.4 is 0 Å². The van der Waals surface area contributed by atoms with Crippen LogP contribution in [0.5, 0.6) is 0 Å². The molecule has 3 atom stereocenters. The SMILES string of the molecule is CCCCC[C@H]1C=CC(=O)[C@@H]1/C=C/[C@@H](O)C/C=C\CCCC(=O)O. The Kier molecular flexibility index (Phi) is 10.0. The number of carboxylic acids is 1. The van der Waals surface area contributed by atoms with Gasteiger partial charge < -0.3 is 10.2 Å². The molecule has 0 saturated heterocycles. The van der Waals surface area contributed by atoms with E-state index in [0.29, 0.717) is 19.3 Å². The highest BCUT2D eigenvalue weighted by Gasteiger charge is 2.27. The van der Waals surface area contributed by atoms with Gasteiger partial charge in [0.05, 0.1) is 6.10 Å². The molecule has 0 spiro atoms. The van der Waals surface area contributed by atoms with Gasteiger partial charge in [0.1, 0.15) is 0 Å². The second kappa shape index (κ2) is 11.8. The van der Waals surface area contributed by atoms with E-state index in [-0.39, 0.29) is 24.0 Å². The molecule has 0 saturated carbocycles. The van der Waals surface area contributed by atoms with Gasteiger partial charge in [-0.25, -0.2) is 0 Å². The lowest BCUT2D eigenvalue weighted by Crippen LogP contribution is -2.14. The predicted octanol–water partition coefficient (Wildman–Crippen LogP) is 4.06. The van der Waals surface area contributed by atoms with E-state index in [1.54, 1.807) is 12.2 Å². The van der Waals surface area contributed by atoms with Crippen LogP contribution in [0.15, 0.2) is 36.5 Å². The Balaban J connectivity index is 2.33. The molecule has 4 nitrogen and oxygen atoms in total. The summed E-state index contributed by atoms with van der Waals surface area (Å²) in [4.78, 5) is 22.3. The van der Waals surface area contributed by atoms with Crippen molar-refractivity contribution >= 4 is 11.8 Å². The summed E-state index contributed by atoms with van der Waals surface area (Å²) in [6.45, 7) is 2.17. The Morgan fingerprint density at radius 3 is 2.79 bits per heavy atom. The number of allylic oxidation sites excluding steroid dienone is 4. The highest BCUT2D eigenvalue weighted by molar-refractivity contribution is 5.95. The molecular weight excluding hydrogens is 304 g/mol. The minimum atomic E-state index is -0.783. The van der Waals surface area contributed by atoms with Crippen molar-refractivity contribution in [3.05, 3.63) is 36.5 Å². The zero-order chi connectivity index (χ0) is 17.8. The van der Waals surface area contributed by atoms with Crippen LogP contribution in [-0.2, 0) is 9.59 Å². The van der Waals surface area contributed by atoms with Crippen LogP contribution in [-0.4, -0.2) is 28.1 Å². The number of ketones is 1. The molecule has 4 heteroatoms. The van der Waals surface area contributed by atoms with Gasteiger partial charge >= 0.3 is 5.97 Å². The molecule has 0 radical (unpaired) electrons. The Bertz CT molecular complexity index is 476. The minimum absolute atomic E-state index is 0.129. The van der Waals surface area contributed by atoms with E-state index in [9.17, 15) is 14.7 Å². The van der Waals surface area contributed by atoms with E-state index < -0.39 is 12.1 Å². The first-order valence-electron chi connectivity index (χ1n) is 8.99. The number of aliphatic carboxylic acids is 1. The highest BCUT2D eigenvalue weighted by Crippen LogP contribution is 2.28. The molecule has 134 valence electrons. The van der Waals surface area contributed by atoms with Crippen molar-refractivity contribution in [2.24, 2.45) is 11.8 Å². The molecule has 1 aliphatic rings. The van der Waals surface area contributed by atoms with Crippen molar-refractivity contribution in [3.63, 3.8) is 0 Å². The van der Waals surface area contributed by atoms with Gasteiger partial charge in [0.25, 0.3) is 0 Å². The second-order valence-electron chi connectivity index (χ2n) is 6.39. The van der Waals surface area contributed by atoms with Crippen LogP contribution >= 0.6 is 0 Å². The summed E-state index contributed by atoms with van der Waals surface area (Å²) in [5, 5.41) is 18.5. The predicted molar refractivity (Wildman–Crippen MR) is 95.7 cm³/mol. The van der Waals surface area contributed by atoms with Crippen molar-refractivity contribution in [2.75, 3.05) is 0 Å². The average Bonchev–Trinajstić information content (AvgIpc) is 2.89. The van der Waals surface area contributed by atoms with Gasteiger partial charge in [-0.15, -0.1) is 0 Å². The molecule has 0 aliphatic heterocycles. The van der Waals surface area contributed by atoms with Gasteiger partial charge in [-0.3, -0.25) is 9.59 Å². The molecule has 1 aliphatic carbocycles. The molecule has 1 rings (SSSR count). The van der Waals surface area contributed by atoms with E-state index in [1.807, 2.05) is 24.3 Å². The van der Waals surface area contributed by atoms with Crippen molar-refractivity contribution in [1.29, 1.82) is 0 Å². The molecule has 24 heavy (non-hydrogen) atoms. The summed E-state index contributed by atoms with van der Waals surface area (Å²) in [6.07, 6.45) is 16.9. The van der Waals surface area contributed by atoms with E-state index in [2.05, 4.69) is 6.92 Å². The number of hydrogen-bond acceptors (Lipinski definition) is 3. The third-order valence-corrected chi connectivity index (χ3v) is 4.28. The van der Waals surface area contributed by atoms with E-state index in [1.165, 1.54) is 12.8 Å². The number of hydrogen-bond donors (Lipinski definition) is 2. The maximum absolute atomic E-state index is 11.9. The number of aliphatic hydroxyl groups excluding tert-OH is 1. The zero-order valence-corrected chi connectivity index (χ0v) is 14.6. The van der Waals surface area contributed by atoms with Gasteiger partial charge in [0, 0.05) is 12.3 Å². The lowest BCUT2D eigenvalue weighted by atomic mass is 9.89. The number of carbonyl (C=O) groups is 2. The number of carboxylic acid groups (broad SMARTS) is 1. The first-order chi connectivity index (χ1) is 11.5. The summed E-state index contributed by atoms with van der Waals surface area (Å²) in [5.41, 5.74) is 0. The molecule has 0 unspecified atom stereocenters. The van der Waals surface area contributed by atoms with Crippen molar-refractivity contribution in [3.8, 4) is 0 Å². The van der Waals surface area contributed by atoms with Gasteiger partial charge in [-0.05, 0) is 37.7 Å². The summed E-state index contributed by atoms with van der Waals surface area (Å²) < 4.78 is 0. The average molecular weight is 334 g/mol. The topological polar surface area (TPSA) is 74.6 Å². The van der Waals surface area contributed by atoms with Crippen molar-refractivity contribution in [1.82, 2.24) is 0 Å². The maximum atomic E-state index is 11.9. The molecule has 0 aromatic rings. The van der Waals surface area contributed by atoms with Crippen molar-refractivity contribution < 1.29 is 19.8 Å². The maximum Gasteiger partial charge on any atom is 0.303 e. The van der Waals surface area contributed by atoms with Crippen molar-refractivity contribution in [2.45, 2.75) is 64.4 Å². The summed E-state index contributed by atoms with van der Waals surface area (Å²) >= 11 is 0. The molecule has 0 fully saturated rings. The molecular formula is C20H30O4. The molecule has 0 heterocycles. The van der Waals surface area contributed by atoms with E-state index in [0.717, 1.165) is 12.8 Å². The summed E-state index contributed by atoms with van der Waals surface area (Å²) in [5.74, 6) is -0.519. The van der Waals surface area contributed by atoms with Crippen LogP contribution in [0.4, 0.5) is 0 Å². The molecule has 2 N–H and O–H groups in total. The van der Waals surface area contributed by atoms with Crippen LogP contribution in [0.1, 0.15) is 58.3 Å². The van der Waals surface area contributed by atoms with Crippen LogP contribution in [0.25, 0.3) is 0 Å². The van der Waals surface area contributed by atoms with Gasteiger partial charge in [-0.2, -0.15) is 0 Å². The normalized spacial score (nSPS) is 22.0. The van der Waals surface area contributed by atoms with E-state index in [4.69, 9.17) is 5.11 Å². The number of aliphatic hydroxyl groups is 1. The van der Waals surface area contributed by atoms with Crippen LogP contribution in [0.2, 0.25) is 0 Å². The third-order valence-electron chi connectivity index (χ3n) is 4.28. The molecule has 0 amide bonds. The Morgan fingerprint density at radius 2 is 2.08 bits per heavy atom. The first-order valence-corrected chi connectivity index (χ1v) is 8.99. The minimum Gasteiger partial charge on any atom is -0.481 e. The smallest absolute Gasteiger partial charge is 0.303 e. The van der Waals surface area contributed by atoms with Crippen LogP contribution in [0.3, 0.4) is 0 Å². The number of unbranched alkanes of at least 4 members (excludes halogenated alkanes) is 3. The number of carbonyl (C=O) groups excluding carboxylic acids is 1. The monoisotopic (exact) mass is 334 g/mol. The Morgan fingerprint density at radius 1 is 1.29 bits per heavy atom. The standard InChI is InChI=1S/C20H30O4/c1-2-3-6-9-16-12-15-19(22)18(16)14-13-17(21)10-7-4-5-8-11-20(23)24/h4,7,12-18,21H,2-3,5-6,8-11H2,1H3,(H,23,24)/b7-4-,14-13+/t16-,17-,18+/m0/s1. The van der Waals surface area contributed by atoms with Gasteiger partial charge in [0.2, 0.25) is 0 Å². The zero-order valence-electron chi connectivity index (χ0n) is 14.6.